The zero-order valence-corrected chi connectivity index (χ0v) is 11.7. The van der Waals surface area contributed by atoms with E-state index in [1.165, 1.54) is 7.11 Å². The molecule has 4 nitrogen and oxygen atoms in total. The molecule has 106 valence electrons. The average molecular weight is 274 g/mol. The predicted molar refractivity (Wildman–Crippen MR) is 73.9 cm³/mol. The Morgan fingerprint density at radius 1 is 1.40 bits per heavy atom. The van der Waals surface area contributed by atoms with Crippen molar-refractivity contribution in [3.05, 3.63) is 35.9 Å². The van der Waals surface area contributed by atoms with Gasteiger partial charge in [0.15, 0.2) is 0 Å². The molecule has 1 fully saturated rings. The van der Waals surface area contributed by atoms with Crippen LogP contribution in [0.3, 0.4) is 0 Å². The van der Waals surface area contributed by atoms with E-state index in [4.69, 9.17) is 14.2 Å². The van der Waals surface area contributed by atoms with E-state index >= 15 is 0 Å². The van der Waals surface area contributed by atoms with Gasteiger partial charge in [0.05, 0.1) is 13.2 Å². The number of ether oxygens (including phenoxy) is 3. The van der Waals surface area contributed by atoms with Gasteiger partial charge in [-0.3, -0.25) is 0 Å². The zero-order valence-electron chi connectivity index (χ0n) is 11.7. The minimum Gasteiger partial charge on any atom is -0.457 e. The number of methoxy groups -OCH3 is 1. The van der Waals surface area contributed by atoms with Crippen molar-refractivity contribution in [2.45, 2.75) is 25.0 Å². The van der Waals surface area contributed by atoms with Gasteiger partial charge < -0.3 is 14.2 Å². The summed E-state index contributed by atoms with van der Waals surface area (Å²) in [5.41, 5.74) is -0.709. The number of benzene rings is 1. The molecule has 20 heavy (non-hydrogen) atoms. The molecule has 0 radical (unpaired) electrons. The highest BCUT2D eigenvalue weighted by Gasteiger charge is 2.42. The molecule has 1 aromatic rings. The molecule has 1 aliphatic heterocycles. The summed E-state index contributed by atoms with van der Waals surface area (Å²) in [6.07, 6.45) is 0.485. The third-order valence-electron chi connectivity index (χ3n) is 3.24. The summed E-state index contributed by atoms with van der Waals surface area (Å²) >= 11 is 0. The molecule has 0 spiro atoms. The van der Waals surface area contributed by atoms with Gasteiger partial charge in [0.1, 0.15) is 6.10 Å². The Morgan fingerprint density at radius 2 is 2.15 bits per heavy atom. The third kappa shape index (κ3) is 2.84. The van der Waals surface area contributed by atoms with Crippen molar-refractivity contribution in [3.8, 4) is 11.8 Å². The first kappa shape index (κ1) is 14.6. The van der Waals surface area contributed by atoms with Crippen LogP contribution >= 0.6 is 0 Å². The molecule has 0 aliphatic carbocycles. The molecule has 0 bridgehead atoms. The molecule has 0 N–H and O–H groups in total. The second-order valence-electron chi connectivity index (χ2n) is 4.52. The molecule has 2 rings (SSSR count). The molecule has 2 atom stereocenters. The van der Waals surface area contributed by atoms with Crippen LogP contribution in [0, 0.1) is 11.8 Å². The lowest BCUT2D eigenvalue weighted by molar-refractivity contribution is -0.169. The first-order valence-corrected chi connectivity index (χ1v) is 6.56. The lowest BCUT2D eigenvalue weighted by Crippen LogP contribution is -2.40. The van der Waals surface area contributed by atoms with Gasteiger partial charge in [-0.05, 0) is 6.92 Å². The minimum absolute atomic E-state index is 0.223. The van der Waals surface area contributed by atoms with E-state index in [0.29, 0.717) is 25.2 Å². The molecule has 1 saturated heterocycles. The van der Waals surface area contributed by atoms with Crippen LogP contribution in [0.2, 0.25) is 0 Å². The molecule has 0 amide bonds. The van der Waals surface area contributed by atoms with Gasteiger partial charge in [0, 0.05) is 19.1 Å². The van der Waals surface area contributed by atoms with Gasteiger partial charge in [0.25, 0.3) is 5.60 Å². The standard InChI is InChI=1S/C16H18O4/c1-3-10-16(18-2,13-7-5-4-6-8-13)15(17)20-14-9-11-19-12-14/h4-8,14H,9,11-12H2,1-2H3/t14-,16+/m1/s1. The van der Waals surface area contributed by atoms with Gasteiger partial charge in [-0.1, -0.05) is 36.3 Å². The highest BCUT2D eigenvalue weighted by atomic mass is 16.6. The van der Waals surface area contributed by atoms with Crippen LogP contribution in [0.25, 0.3) is 0 Å². The van der Waals surface area contributed by atoms with Crippen LogP contribution in [0.4, 0.5) is 0 Å². The van der Waals surface area contributed by atoms with Crippen LogP contribution in [-0.4, -0.2) is 32.4 Å². The summed E-state index contributed by atoms with van der Waals surface area (Å²) in [5.74, 6) is 5.12. The fourth-order valence-electron chi connectivity index (χ4n) is 2.18. The maximum Gasteiger partial charge on any atom is 0.356 e. The molecule has 0 unspecified atom stereocenters. The molecule has 1 aromatic carbocycles. The van der Waals surface area contributed by atoms with E-state index in [0.717, 1.165) is 0 Å². The fraction of sp³-hybridized carbons (Fsp3) is 0.438. The summed E-state index contributed by atoms with van der Waals surface area (Å²) in [4.78, 5) is 12.5. The number of esters is 1. The molecule has 4 heteroatoms. The van der Waals surface area contributed by atoms with E-state index in [1.807, 2.05) is 18.2 Å². The Labute approximate surface area is 119 Å². The first-order valence-electron chi connectivity index (χ1n) is 6.56. The Morgan fingerprint density at radius 3 is 2.70 bits per heavy atom. The minimum atomic E-state index is -1.38. The topological polar surface area (TPSA) is 44.8 Å². The Hall–Kier alpha value is -1.83. The predicted octanol–water partition coefficient (Wildman–Crippen LogP) is 1.88. The molecule has 0 saturated carbocycles. The Bertz CT molecular complexity index is 508. The lowest BCUT2D eigenvalue weighted by Gasteiger charge is -2.26. The highest BCUT2D eigenvalue weighted by Crippen LogP contribution is 2.27. The Kier molecular flexibility index (Phi) is 4.78. The summed E-state index contributed by atoms with van der Waals surface area (Å²) in [5, 5.41) is 0. The zero-order chi connectivity index (χ0) is 14.4. The van der Waals surface area contributed by atoms with Crippen molar-refractivity contribution in [2.75, 3.05) is 20.3 Å². The van der Waals surface area contributed by atoms with Crippen molar-refractivity contribution in [1.29, 1.82) is 0 Å². The van der Waals surface area contributed by atoms with E-state index in [1.54, 1.807) is 19.1 Å². The number of rotatable bonds is 4. The van der Waals surface area contributed by atoms with Gasteiger partial charge in [0.2, 0.25) is 0 Å². The van der Waals surface area contributed by atoms with Gasteiger partial charge in [-0.2, -0.15) is 0 Å². The maximum atomic E-state index is 12.5. The van der Waals surface area contributed by atoms with Crippen LogP contribution < -0.4 is 0 Å². The van der Waals surface area contributed by atoms with E-state index in [-0.39, 0.29) is 6.10 Å². The average Bonchev–Trinajstić information content (AvgIpc) is 2.98. The van der Waals surface area contributed by atoms with Gasteiger partial charge in [-0.25, -0.2) is 4.79 Å². The summed E-state index contributed by atoms with van der Waals surface area (Å²) in [7, 11) is 1.46. The van der Waals surface area contributed by atoms with Crippen molar-refractivity contribution < 1.29 is 19.0 Å². The molecule has 1 heterocycles. The summed E-state index contributed by atoms with van der Waals surface area (Å²) in [6, 6.07) is 9.17. The quantitative estimate of drug-likeness (QED) is 0.621. The van der Waals surface area contributed by atoms with Gasteiger partial charge in [-0.15, -0.1) is 5.92 Å². The van der Waals surface area contributed by atoms with Crippen molar-refractivity contribution in [2.24, 2.45) is 0 Å². The van der Waals surface area contributed by atoms with Crippen molar-refractivity contribution in [3.63, 3.8) is 0 Å². The summed E-state index contributed by atoms with van der Waals surface area (Å²) < 4.78 is 16.1. The van der Waals surface area contributed by atoms with Crippen LogP contribution in [0.5, 0.6) is 0 Å². The molecule has 1 aliphatic rings. The second-order valence-corrected chi connectivity index (χ2v) is 4.52. The van der Waals surface area contributed by atoms with E-state index < -0.39 is 11.6 Å². The maximum absolute atomic E-state index is 12.5. The van der Waals surface area contributed by atoms with Gasteiger partial charge >= 0.3 is 5.97 Å². The lowest BCUT2D eigenvalue weighted by atomic mass is 9.94. The van der Waals surface area contributed by atoms with Crippen LogP contribution in [0.15, 0.2) is 30.3 Å². The monoisotopic (exact) mass is 274 g/mol. The fourth-order valence-corrected chi connectivity index (χ4v) is 2.18. The number of hydrogen-bond acceptors (Lipinski definition) is 4. The SMILES string of the molecule is CC#C[C@@](OC)(C(=O)O[C@@H]1CCOC1)c1ccccc1. The van der Waals surface area contributed by atoms with Crippen LogP contribution in [0.1, 0.15) is 18.9 Å². The second kappa shape index (κ2) is 6.56. The number of carbonyl (C=O) groups excluding carboxylic acids is 1. The number of carbonyl (C=O) groups is 1. The number of hydrogen-bond donors (Lipinski definition) is 0. The third-order valence-corrected chi connectivity index (χ3v) is 3.24. The van der Waals surface area contributed by atoms with E-state index in [2.05, 4.69) is 11.8 Å². The summed E-state index contributed by atoms with van der Waals surface area (Å²) in [6.45, 7) is 2.71. The molecule has 0 aromatic heterocycles. The first-order chi connectivity index (χ1) is 9.73. The molecular weight excluding hydrogens is 256 g/mol. The Balaban J connectivity index is 2.30. The molecular formula is C16H18O4. The highest BCUT2D eigenvalue weighted by molar-refractivity contribution is 5.85. The van der Waals surface area contributed by atoms with Crippen molar-refractivity contribution >= 4 is 5.97 Å². The smallest absolute Gasteiger partial charge is 0.356 e. The normalized spacial score (nSPS) is 20.6. The largest absolute Gasteiger partial charge is 0.457 e. The van der Waals surface area contributed by atoms with Crippen LogP contribution in [-0.2, 0) is 24.6 Å². The van der Waals surface area contributed by atoms with E-state index in [9.17, 15) is 4.79 Å². The van der Waals surface area contributed by atoms with Crippen molar-refractivity contribution in [1.82, 2.24) is 0 Å².